The normalized spacial score (nSPS) is 13.3. The summed E-state index contributed by atoms with van der Waals surface area (Å²) in [7, 11) is 2.01. The monoisotopic (exact) mass is 169 g/mol. The van der Waals surface area contributed by atoms with Gasteiger partial charge in [0.2, 0.25) is 0 Å². The quantitative estimate of drug-likeness (QED) is 0.730. The molecule has 1 rings (SSSR count). The van der Waals surface area contributed by atoms with E-state index in [0.717, 1.165) is 6.54 Å². The second-order valence-corrected chi connectivity index (χ2v) is 3.66. The van der Waals surface area contributed by atoms with Crippen molar-refractivity contribution < 1.29 is 0 Å². The van der Waals surface area contributed by atoms with E-state index in [1.54, 1.807) is 0 Å². The highest BCUT2D eigenvalue weighted by atomic mass is 32.1. The summed E-state index contributed by atoms with van der Waals surface area (Å²) in [4.78, 5) is 1.50. The van der Waals surface area contributed by atoms with E-state index in [9.17, 15) is 0 Å². The van der Waals surface area contributed by atoms with Gasteiger partial charge < -0.3 is 5.32 Å². The molecule has 0 fully saturated rings. The smallest absolute Gasteiger partial charge is 0.00887 e. The van der Waals surface area contributed by atoms with Crippen molar-refractivity contribution in [1.29, 1.82) is 0 Å². The van der Waals surface area contributed by atoms with Crippen LogP contribution in [0.3, 0.4) is 0 Å². The minimum atomic E-state index is 0.708. The van der Waals surface area contributed by atoms with Crippen molar-refractivity contribution in [3.63, 3.8) is 0 Å². The molecule has 1 heterocycles. The van der Waals surface area contributed by atoms with Gasteiger partial charge >= 0.3 is 0 Å². The first kappa shape index (κ1) is 8.75. The average Bonchev–Trinajstić information content (AvgIpc) is 2.52. The molecule has 0 amide bonds. The Balaban J connectivity index is 2.56. The summed E-state index contributed by atoms with van der Waals surface area (Å²) >= 11 is 1.86. The first-order valence-corrected chi connectivity index (χ1v) is 4.94. The highest BCUT2D eigenvalue weighted by Crippen LogP contribution is 2.22. The first-order chi connectivity index (χ1) is 5.38. The van der Waals surface area contributed by atoms with Crippen molar-refractivity contribution in [2.75, 3.05) is 13.6 Å². The van der Waals surface area contributed by atoms with Crippen molar-refractivity contribution in [2.24, 2.45) is 0 Å². The largest absolute Gasteiger partial charge is 0.319 e. The van der Waals surface area contributed by atoms with E-state index < -0.39 is 0 Å². The van der Waals surface area contributed by atoms with Gasteiger partial charge in [0, 0.05) is 17.3 Å². The van der Waals surface area contributed by atoms with Gasteiger partial charge in [0.25, 0.3) is 0 Å². The molecule has 1 nitrogen and oxygen atoms in total. The summed E-state index contributed by atoms with van der Waals surface area (Å²) in [6, 6.07) is 4.34. The number of rotatable bonds is 4. The Morgan fingerprint density at radius 1 is 1.64 bits per heavy atom. The number of hydrogen-bond donors (Lipinski definition) is 1. The van der Waals surface area contributed by atoms with Gasteiger partial charge in [-0.1, -0.05) is 13.0 Å². The second-order valence-electron chi connectivity index (χ2n) is 2.68. The van der Waals surface area contributed by atoms with Gasteiger partial charge in [0.15, 0.2) is 0 Å². The molecule has 0 aliphatic heterocycles. The van der Waals surface area contributed by atoms with Crippen molar-refractivity contribution in [1.82, 2.24) is 5.32 Å². The fourth-order valence-electron chi connectivity index (χ4n) is 1.22. The zero-order valence-electron chi connectivity index (χ0n) is 7.13. The van der Waals surface area contributed by atoms with Crippen LogP contribution in [-0.2, 0) is 0 Å². The number of nitrogens with one attached hydrogen (secondary N) is 1. The fourth-order valence-corrected chi connectivity index (χ4v) is 2.13. The molecule has 0 spiro atoms. The Morgan fingerprint density at radius 3 is 2.91 bits per heavy atom. The lowest BCUT2D eigenvalue weighted by Gasteiger charge is -2.11. The van der Waals surface area contributed by atoms with E-state index in [0.29, 0.717) is 5.92 Å². The summed E-state index contributed by atoms with van der Waals surface area (Å²) < 4.78 is 0. The van der Waals surface area contributed by atoms with E-state index in [4.69, 9.17) is 0 Å². The van der Waals surface area contributed by atoms with Crippen LogP contribution in [0.1, 0.15) is 24.1 Å². The lowest BCUT2D eigenvalue weighted by atomic mass is 10.1. The second kappa shape index (κ2) is 4.52. The Labute approximate surface area is 72.4 Å². The van der Waals surface area contributed by atoms with Crippen molar-refractivity contribution >= 4 is 11.3 Å². The van der Waals surface area contributed by atoms with Crippen LogP contribution in [0.15, 0.2) is 17.5 Å². The summed E-state index contributed by atoms with van der Waals surface area (Å²) in [5.74, 6) is 0.708. The lowest BCUT2D eigenvalue weighted by molar-refractivity contribution is 0.620. The van der Waals surface area contributed by atoms with Crippen LogP contribution in [0, 0.1) is 0 Å². The predicted molar refractivity (Wildman–Crippen MR) is 51.3 cm³/mol. The molecular formula is C9H15NS. The van der Waals surface area contributed by atoms with E-state index in [2.05, 4.69) is 29.8 Å². The molecule has 0 bridgehead atoms. The van der Waals surface area contributed by atoms with Crippen molar-refractivity contribution in [3.8, 4) is 0 Å². The van der Waals surface area contributed by atoms with Crippen LogP contribution in [0.5, 0.6) is 0 Å². The van der Waals surface area contributed by atoms with Gasteiger partial charge in [0.1, 0.15) is 0 Å². The van der Waals surface area contributed by atoms with Gasteiger partial charge in [-0.2, -0.15) is 0 Å². The zero-order valence-corrected chi connectivity index (χ0v) is 7.95. The third-order valence-electron chi connectivity index (χ3n) is 1.89. The molecule has 1 atom stereocenters. The highest BCUT2D eigenvalue weighted by Gasteiger charge is 2.07. The van der Waals surface area contributed by atoms with Crippen LogP contribution < -0.4 is 5.32 Å². The van der Waals surface area contributed by atoms with E-state index >= 15 is 0 Å². The minimum absolute atomic E-state index is 0.708. The van der Waals surface area contributed by atoms with Crippen molar-refractivity contribution in [2.45, 2.75) is 19.3 Å². The number of thiophene rings is 1. The van der Waals surface area contributed by atoms with Gasteiger partial charge in [-0.15, -0.1) is 11.3 Å². The minimum Gasteiger partial charge on any atom is -0.319 e. The molecule has 0 radical (unpaired) electrons. The maximum atomic E-state index is 3.21. The predicted octanol–water partition coefficient (Wildman–Crippen LogP) is 2.46. The standard InChI is InChI=1S/C9H15NS/c1-3-8(7-10-2)9-5-4-6-11-9/h4-6,8,10H,3,7H2,1-2H3/t8-/m0/s1. The van der Waals surface area contributed by atoms with Gasteiger partial charge in [0.05, 0.1) is 0 Å². The van der Waals surface area contributed by atoms with Crippen LogP contribution in [0.4, 0.5) is 0 Å². The Bertz CT molecular complexity index is 181. The average molecular weight is 169 g/mol. The molecule has 1 aromatic heterocycles. The Hall–Kier alpha value is -0.340. The third-order valence-corrected chi connectivity index (χ3v) is 2.92. The molecule has 2 heteroatoms. The SMILES string of the molecule is CC[C@@H](CNC)c1cccs1. The summed E-state index contributed by atoms with van der Waals surface area (Å²) in [5, 5.41) is 5.36. The Kier molecular flexibility index (Phi) is 3.60. The maximum absolute atomic E-state index is 3.21. The van der Waals surface area contributed by atoms with Crippen LogP contribution in [0.2, 0.25) is 0 Å². The number of likely N-dealkylation sites (N-methyl/N-ethyl adjacent to an activating group) is 1. The molecule has 0 aliphatic carbocycles. The molecular weight excluding hydrogens is 154 g/mol. The van der Waals surface area contributed by atoms with E-state index in [-0.39, 0.29) is 0 Å². The molecule has 0 unspecified atom stereocenters. The summed E-state index contributed by atoms with van der Waals surface area (Å²) in [6.45, 7) is 3.33. The van der Waals surface area contributed by atoms with Crippen molar-refractivity contribution in [3.05, 3.63) is 22.4 Å². The van der Waals surface area contributed by atoms with Crippen LogP contribution in [-0.4, -0.2) is 13.6 Å². The van der Waals surface area contributed by atoms with E-state index in [1.807, 2.05) is 18.4 Å². The van der Waals surface area contributed by atoms with E-state index in [1.165, 1.54) is 11.3 Å². The third kappa shape index (κ3) is 2.31. The topological polar surface area (TPSA) is 12.0 Å². The maximum Gasteiger partial charge on any atom is 0.00887 e. The van der Waals surface area contributed by atoms with Crippen LogP contribution >= 0.6 is 11.3 Å². The molecule has 0 aromatic carbocycles. The molecule has 0 saturated carbocycles. The molecule has 1 N–H and O–H groups in total. The first-order valence-electron chi connectivity index (χ1n) is 4.06. The molecule has 0 aliphatic rings. The highest BCUT2D eigenvalue weighted by molar-refractivity contribution is 7.10. The van der Waals surface area contributed by atoms with Gasteiger partial charge in [-0.05, 0) is 24.9 Å². The zero-order chi connectivity index (χ0) is 8.10. The Morgan fingerprint density at radius 2 is 2.45 bits per heavy atom. The molecule has 62 valence electrons. The fraction of sp³-hybridized carbons (Fsp3) is 0.556. The van der Waals surface area contributed by atoms with Gasteiger partial charge in [-0.25, -0.2) is 0 Å². The summed E-state index contributed by atoms with van der Waals surface area (Å²) in [6.07, 6.45) is 1.22. The van der Waals surface area contributed by atoms with Gasteiger partial charge in [-0.3, -0.25) is 0 Å². The van der Waals surface area contributed by atoms with Crippen LogP contribution in [0.25, 0.3) is 0 Å². The molecule has 11 heavy (non-hydrogen) atoms. The number of hydrogen-bond acceptors (Lipinski definition) is 2. The molecule has 1 aromatic rings. The molecule has 0 saturated heterocycles. The summed E-state index contributed by atoms with van der Waals surface area (Å²) in [5.41, 5.74) is 0. The lowest BCUT2D eigenvalue weighted by Crippen LogP contribution is -2.15.